The minimum absolute atomic E-state index is 0.0575. The van der Waals surface area contributed by atoms with Crippen molar-refractivity contribution in [3.05, 3.63) is 24.3 Å². The fourth-order valence-electron chi connectivity index (χ4n) is 2.13. The molecule has 1 aromatic rings. The van der Waals surface area contributed by atoms with Gasteiger partial charge in [-0.05, 0) is 33.0 Å². The molecule has 0 bridgehead atoms. The van der Waals surface area contributed by atoms with Crippen LogP contribution in [0.25, 0.3) is 0 Å². The quantitative estimate of drug-likeness (QED) is 0.921. The SMILES string of the molecule is CC(C)Oc1ccccc1NC(=O)N1CCN(C)CC1. The second-order valence-corrected chi connectivity index (χ2v) is 5.38. The van der Waals surface area contributed by atoms with Gasteiger partial charge in [0.05, 0.1) is 11.8 Å². The lowest BCUT2D eigenvalue weighted by atomic mass is 10.3. The summed E-state index contributed by atoms with van der Waals surface area (Å²) in [5, 5.41) is 2.94. The van der Waals surface area contributed by atoms with E-state index in [0.717, 1.165) is 31.9 Å². The molecule has 1 N–H and O–H groups in total. The Bertz CT molecular complexity index is 454. The van der Waals surface area contributed by atoms with E-state index in [0.29, 0.717) is 5.75 Å². The van der Waals surface area contributed by atoms with E-state index in [1.807, 2.05) is 43.0 Å². The van der Waals surface area contributed by atoms with Gasteiger partial charge in [-0.1, -0.05) is 12.1 Å². The molecule has 0 spiro atoms. The number of carbonyl (C=O) groups is 1. The summed E-state index contributed by atoms with van der Waals surface area (Å²) in [7, 11) is 2.07. The first kappa shape index (κ1) is 14.7. The summed E-state index contributed by atoms with van der Waals surface area (Å²) in [5.74, 6) is 0.713. The minimum Gasteiger partial charge on any atom is -0.489 e. The highest BCUT2D eigenvalue weighted by atomic mass is 16.5. The number of benzene rings is 1. The Morgan fingerprint density at radius 3 is 2.50 bits per heavy atom. The van der Waals surface area contributed by atoms with Crippen LogP contribution in [0.3, 0.4) is 0 Å². The van der Waals surface area contributed by atoms with Crippen molar-refractivity contribution >= 4 is 11.7 Å². The van der Waals surface area contributed by atoms with Crippen LogP contribution in [0.15, 0.2) is 24.3 Å². The van der Waals surface area contributed by atoms with Crippen molar-refractivity contribution < 1.29 is 9.53 Å². The van der Waals surface area contributed by atoms with E-state index in [1.54, 1.807) is 0 Å². The monoisotopic (exact) mass is 277 g/mol. The van der Waals surface area contributed by atoms with E-state index in [-0.39, 0.29) is 12.1 Å². The van der Waals surface area contributed by atoms with Gasteiger partial charge in [0.15, 0.2) is 0 Å². The van der Waals surface area contributed by atoms with Crippen LogP contribution in [-0.4, -0.2) is 55.2 Å². The first-order valence-corrected chi connectivity index (χ1v) is 7.06. The standard InChI is InChI=1S/C15H23N3O2/c1-12(2)20-14-7-5-4-6-13(14)16-15(19)18-10-8-17(3)9-11-18/h4-7,12H,8-11H2,1-3H3,(H,16,19). The van der Waals surface area contributed by atoms with Gasteiger partial charge in [0.25, 0.3) is 0 Å². The number of nitrogens with zero attached hydrogens (tertiary/aromatic N) is 2. The van der Waals surface area contributed by atoms with E-state index in [4.69, 9.17) is 4.74 Å². The van der Waals surface area contributed by atoms with Crippen molar-refractivity contribution in [2.75, 3.05) is 38.5 Å². The number of nitrogens with one attached hydrogen (secondary N) is 1. The average molecular weight is 277 g/mol. The molecule has 1 aromatic carbocycles. The van der Waals surface area contributed by atoms with Crippen LogP contribution >= 0.6 is 0 Å². The predicted molar refractivity (Wildman–Crippen MR) is 80.3 cm³/mol. The second-order valence-electron chi connectivity index (χ2n) is 5.38. The Kier molecular flexibility index (Phi) is 4.84. The van der Waals surface area contributed by atoms with Gasteiger partial charge in [-0.25, -0.2) is 4.79 Å². The zero-order valence-electron chi connectivity index (χ0n) is 12.4. The van der Waals surface area contributed by atoms with E-state index in [1.165, 1.54) is 0 Å². The molecular formula is C15H23N3O2. The van der Waals surface area contributed by atoms with E-state index in [2.05, 4.69) is 17.3 Å². The number of likely N-dealkylation sites (N-methyl/N-ethyl adjacent to an activating group) is 1. The lowest BCUT2D eigenvalue weighted by Gasteiger charge is -2.32. The van der Waals surface area contributed by atoms with Crippen LogP contribution in [0.2, 0.25) is 0 Å². The fourth-order valence-corrected chi connectivity index (χ4v) is 2.13. The highest BCUT2D eigenvalue weighted by Gasteiger charge is 2.19. The van der Waals surface area contributed by atoms with Gasteiger partial charge in [0.2, 0.25) is 0 Å². The second kappa shape index (κ2) is 6.61. The summed E-state index contributed by atoms with van der Waals surface area (Å²) < 4.78 is 5.71. The number of anilines is 1. The van der Waals surface area contributed by atoms with Gasteiger partial charge in [0.1, 0.15) is 5.75 Å². The van der Waals surface area contributed by atoms with Crippen LogP contribution in [0.5, 0.6) is 5.75 Å². The average Bonchev–Trinajstić information content (AvgIpc) is 2.41. The lowest BCUT2D eigenvalue weighted by molar-refractivity contribution is 0.164. The smallest absolute Gasteiger partial charge is 0.322 e. The zero-order valence-corrected chi connectivity index (χ0v) is 12.4. The number of amides is 2. The minimum atomic E-state index is -0.0575. The summed E-state index contributed by atoms with van der Waals surface area (Å²) in [6.45, 7) is 7.29. The summed E-state index contributed by atoms with van der Waals surface area (Å²) in [5.41, 5.74) is 0.727. The Hall–Kier alpha value is -1.75. The van der Waals surface area contributed by atoms with Crippen molar-refractivity contribution in [1.29, 1.82) is 0 Å². The molecule has 2 amide bonds. The molecule has 1 saturated heterocycles. The number of hydrogen-bond donors (Lipinski definition) is 1. The summed E-state index contributed by atoms with van der Waals surface area (Å²) >= 11 is 0. The normalized spacial score (nSPS) is 16.3. The van der Waals surface area contributed by atoms with E-state index in [9.17, 15) is 4.79 Å². The zero-order chi connectivity index (χ0) is 14.5. The maximum Gasteiger partial charge on any atom is 0.322 e. The Morgan fingerprint density at radius 2 is 1.85 bits per heavy atom. The van der Waals surface area contributed by atoms with Crippen molar-refractivity contribution in [3.8, 4) is 5.75 Å². The number of ether oxygens (including phenoxy) is 1. The van der Waals surface area contributed by atoms with E-state index >= 15 is 0 Å². The highest BCUT2D eigenvalue weighted by Crippen LogP contribution is 2.25. The molecule has 0 radical (unpaired) electrons. The topological polar surface area (TPSA) is 44.8 Å². The number of piperazine rings is 1. The third-order valence-corrected chi connectivity index (χ3v) is 3.28. The van der Waals surface area contributed by atoms with Gasteiger partial charge < -0.3 is 19.9 Å². The molecular weight excluding hydrogens is 254 g/mol. The van der Waals surface area contributed by atoms with Crippen molar-refractivity contribution in [1.82, 2.24) is 9.80 Å². The number of carbonyl (C=O) groups excluding carboxylic acids is 1. The van der Waals surface area contributed by atoms with Crippen LogP contribution in [0, 0.1) is 0 Å². The maximum absolute atomic E-state index is 12.3. The maximum atomic E-state index is 12.3. The van der Waals surface area contributed by atoms with Gasteiger partial charge in [0, 0.05) is 26.2 Å². The Balaban J connectivity index is 2.00. The lowest BCUT2D eigenvalue weighted by Crippen LogP contribution is -2.48. The van der Waals surface area contributed by atoms with Crippen LogP contribution in [0.4, 0.5) is 10.5 Å². The van der Waals surface area contributed by atoms with Crippen molar-refractivity contribution in [2.45, 2.75) is 20.0 Å². The van der Waals surface area contributed by atoms with E-state index < -0.39 is 0 Å². The molecule has 1 heterocycles. The van der Waals surface area contributed by atoms with Gasteiger partial charge in [-0.3, -0.25) is 0 Å². The highest BCUT2D eigenvalue weighted by molar-refractivity contribution is 5.91. The first-order chi connectivity index (χ1) is 9.56. The molecule has 0 unspecified atom stereocenters. The summed E-state index contributed by atoms with van der Waals surface area (Å²) in [6, 6.07) is 7.49. The molecule has 1 aliphatic rings. The molecule has 20 heavy (non-hydrogen) atoms. The van der Waals surface area contributed by atoms with Crippen LogP contribution in [0.1, 0.15) is 13.8 Å². The van der Waals surface area contributed by atoms with Gasteiger partial charge in [-0.2, -0.15) is 0 Å². The molecule has 0 aliphatic carbocycles. The molecule has 2 rings (SSSR count). The molecule has 5 heteroatoms. The molecule has 5 nitrogen and oxygen atoms in total. The van der Waals surface area contributed by atoms with Gasteiger partial charge in [-0.15, -0.1) is 0 Å². The van der Waals surface area contributed by atoms with Crippen molar-refractivity contribution in [2.24, 2.45) is 0 Å². The van der Waals surface area contributed by atoms with Crippen LogP contribution in [-0.2, 0) is 0 Å². The third kappa shape index (κ3) is 3.87. The number of urea groups is 1. The molecule has 0 saturated carbocycles. The third-order valence-electron chi connectivity index (χ3n) is 3.28. The fraction of sp³-hybridized carbons (Fsp3) is 0.533. The number of para-hydroxylation sites is 2. The largest absolute Gasteiger partial charge is 0.489 e. The number of rotatable bonds is 3. The Morgan fingerprint density at radius 1 is 1.20 bits per heavy atom. The number of hydrogen-bond acceptors (Lipinski definition) is 3. The van der Waals surface area contributed by atoms with Crippen LogP contribution < -0.4 is 10.1 Å². The summed E-state index contributed by atoms with van der Waals surface area (Å²) in [4.78, 5) is 16.3. The molecule has 1 aliphatic heterocycles. The molecule has 1 fully saturated rings. The Labute approximate surface area is 120 Å². The first-order valence-electron chi connectivity index (χ1n) is 7.06. The molecule has 0 atom stereocenters. The molecule has 0 aromatic heterocycles. The summed E-state index contributed by atoms with van der Waals surface area (Å²) in [6.07, 6.45) is 0.0803. The molecule has 110 valence electrons. The van der Waals surface area contributed by atoms with Crippen molar-refractivity contribution in [3.63, 3.8) is 0 Å². The van der Waals surface area contributed by atoms with Gasteiger partial charge >= 0.3 is 6.03 Å². The predicted octanol–water partition coefficient (Wildman–Crippen LogP) is 2.25.